The highest BCUT2D eigenvalue weighted by Crippen LogP contribution is 2.26. The molecule has 1 fully saturated rings. The van der Waals surface area contributed by atoms with E-state index in [0.717, 1.165) is 0 Å². The molecule has 0 saturated carbocycles. The highest BCUT2D eigenvalue weighted by atomic mass is 32.3. The molecule has 102 valence electrons. The van der Waals surface area contributed by atoms with Crippen LogP contribution in [0.15, 0.2) is 24.3 Å². The van der Waals surface area contributed by atoms with Gasteiger partial charge in [-0.1, -0.05) is 16.0 Å². The van der Waals surface area contributed by atoms with Crippen molar-refractivity contribution in [2.24, 2.45) is 0 Å². The molecule has 1 saturated heterocycles. The number of imide groups is 1. The van der Waals surface area contributed by atoms with E-state index in [1.807, 2.05) is 0 Å². The summed E-state index contributed by atoms with van der Waals surface area (Å²) in [4.78, 5) is 22.6. The van der Waals surface area contributed by atoms with Crippen molar-refractivity contribution in [3.8, 4) is 5.75 Å². The highest BCUT2D eigenvalue weighted by Gasteiger charge is 2.27. The van der Waals surface area contributed by atoms with Crippen LogP contribution in [-0.4, -0.2) is 20.2 Å². The summed E-state index contributed by atoms with van der Waals surface area (Å²) in [5, 5.41) is 2.22. The van der Waals surface area contributed by atoms with Crippen LogP contribution >= 0.6 is 0 Å². The molecule has 1 aliphatic rings. The second kappa shape index (κ2) is 4.96. The molecule has 19 heavy (non-hydrogen) atoms. The fourth-order valence-electron chi connectivity index (χ4n) is 1.88. The molecular weight excluding hydrogens is 277 g/mol. The third-order valence-electron chi connectivity index (χ3n) is 2.72. The molecular formula is C11H10FNO5S. The molecule has 1 N–H and O–H groups in total. The molecule has 6 nitrogen and oxygen atoms in total. The molecule has 1 aromatic rings. The monoisotopic (exact) mass is 287 g/mol. The van der Waals surface area contributed by atoms with Gasteiger partial charge in [-0.3, -0.25) is 14.9 Å². The zero-order chi connectivity index (χ0) is 14.0. The van der Waals surface area contributed by atoms with Gasteiger partial charge >= 0.3 is 10.5 Å². The number of amides is 2. The predicted molar refractivity (Wildman–Crippen MR) is 62.2 cm³/mol. The molecule has 0 spiro atoms. The van der Waals surface area contributed by atoms with Crippen molar-refractivity contribution in [3.63, 3.8) is 0 Å². The summed E-state index contributed by atoms with van der Waals surface area (Å²) in [6.45, 7) is 0. The van der Waals surface area contributed by atoms with Crippen LogP contribution in [0.5, 0.6) is 5.75 Å². The largest absolute Gasteiger partial charge is 0.488 e. The van der Waals surface area contributed by atoms with Gasteiger partial charge in [-0.05, 0) is 24.1 Å². The molecule has 1 aromatic carbocycles. The quantitative estimate of drug-likeness (QED) is 0.656. The van der Waals surface area contributed by atoms with Gasteiger partial charge in [0.15, 0.2) is 0 Å². The number of benzene rings is 1. The van der Waals surface area contributed by atoms with Gasteiger partial charge in [-0.2, -0.15) is 8.42 Å². The Hall–Kier alpha value is -1.96. The van der Waals surface area contributed by atoms with Crippen molar-refractivity contribution in [2.75, 3.05) is 0 Å². The number of carbonyl (C=O) groups is 2. The maximum absolute atomic E-state index is 12.3. The summed E-state index contributed by atoms with van der Waals surface area (Å²) in [5.41, 5.74) is 0.605. The van der Waals surface area contributed by atoms with Crippen molar-refractivity contribution in [1.29, 1.82) is 0 Å². The number of carbonyl (C=O) groups excluding carboxylic acids is 2. The van der Waals surface area contributed by atoms with Crippen molar-refractivity contribution in [2.45, 2.75) is 18.8 Å². The maximum Gasteiger partial charge on any atom is 0.488 e. The van der Waals surface area contributed by atoms with Crippen LogP contribution in [0.3, 0.4) is 0 Å². The van der Waals surface area contributed by atoms with Gasteiger partial charge in [0, 0.05) is 6.42 Å². The Morgan fingerprint density at radius 2 is 1.84 bits per heavy atom. The Morgan fingerprint density at radius 1 is 1.21 bits per heavy atom. The van der Waals surface area contributed by atoms with Gasteiger partial charge < -0.3 is 4.18 Å². The van der Waals surface area contributed by atoms with Crippen LogP contribution in [-0.2, 0) is 20.1 Å². The molecule has 1 unspecified atom stereocenters. The minimum absolute atomic E-state index is 0.182. The first kappa shape index (κ1) is 13.5. The second-order valence-electron chi connectivity index (χ2n) is 4.05. The standard InChI is InChI=1S/C11H10FNO5S/c12-19(16,17)18-8-3-1-7(2-4-8)9-5-6-10(14)13-11(9)15/h1-4,9H,5-6H2,(H,13,14,15). The molecule has 0 radical (unpaired) electrons. The number of piperidine rings is 1. The first-order valence-corrected chi connectivity index (χ1v) is 6.74. The van der Waals surface area contributed by atoms with E-state index in [2.05, 4.69) is 9.50 Å². The third kappa shape index (κ3) is 3.50. The highest BCUT2D eigenvalue weighted by molar-refractivity contribution is 7.81. The Labute approximate surface area is 109 Å². The van der Waals surface area contributed by atoms with E-state index >= 15 is 0 Å². The van der Waals surface area contributed by atoms with Crippen molar-refractivity contribution in [3.05, 3.63) is 29.8 Å². The van der Waals surface area contributed by atoms with Gasteiger partial charge in [0.2, 0.25) is 11.8 Å². The predicted octanol–water partition coefficient (Wildman–Crippen LogP) is 0.800. The topological polar surface area (TPSA) is 89.5 Å². The van der Waals surface area contributed by atoms with Crippen LogP contribution in [0.25, 0.3) is 0 Å². The minimum atomic E-state index is -5.06. The van der Waals surface area contributed by atoms with E-state index in [4.69, 9.17) is 0 Å². The van der Waals surface area contributed by atoms with Crippen molar-refractivity contribution in [1.82, 2.24) is 5.32 Å². The Balaban J connectivity index is 2.14. The van der Waals surface area contributed by atoms with Gasteiger partial charge in [0.1, 0.15) is 5.75 Å². The first-order valence-electron chi connectivity index (χ1n) is 5.43. The van der Waals surface area contributed by atoms with Crippen molar-refractivity contribution < 1.29 is 26.1 Å². The van der Waals surface area contributed by atoms with Gasteiger partial charge in [0.25, 0.3) is 0 Å². The lowest BCUT2D eigenvalue weighted by molar-refractivity contribution is -0.134. The average molecular weight is 287 g/mol. The van der Waals surface area contributed by atoms with E-state index in [1.165, 1.54) is 24.3 Å². The molecule has 1 heterocycles. The summed E-state index contributed by atoms with van der Waals surface area (Å²) < 4.78 is 36.9. The van der Waals surface area contributed by atoms with Crippen LogP contribution < -0.4 is 9.50 Å². The van der Waals surface area contributed by atoms with E-state index < -0.39 is 22.3 Å². The summed E-state index contributed by atoms with van der Waals surface area (Å²) >= 11 is 0. The second-order valence-corrected chi connectivity index (χ2v) is 5.00. The van der Waals surface area contributed by atoms with E-state index in [-0.39, 0.29) is 18.1 Å². The number of hydrogen-bond acceptors (Lipinski definition) is 5. The number of hydrogen-bond donors (Lipinski definition) is 1. The zero-order valence-electron chi connectivity index (χ0n) is 9.63. The summed E-state index contributed by atoms with van der Waals surface area (Å²) in [6.07, 6.45) is 0.625. The molecule has 8 heteroatoms. The lowest BCUT2D eigenvalue weighted by Crippen LogP contribution is -2.39. The first-order chi connectivity index (χ1) is 8.85. The molecule has 2 amide bonds. The maximum atomic E-state index is 12.3. The number of rotatable bonds is 3. The van der Waals surface area contributed by atoms with Gasteiger partial charge in [0.05, 0.1) is 5.92 Å². The van der Waals surface area contributed by atoms with Crippen molar-refractivity contribution >= 4 is 22.3 Å². The van der Waals surface area contributed by atoms with Crippen LogP contribution in [0.1, 0.15) is 24.3 Å². The van der Waals surface area contributed by atoms with Crippen LogP contribution in [0.4, 0.5) is 3.89 Å². The Kier molecular flexibility index (Phi) is 3.52. The summed E-state index contributed by atoms with van der Waals surface area (Å²) in [5.74, 6) is -1.37. The number of halogens is 1. The fourth-order valence-corrected chi connectivity index (χ4v) is 2.22. The van der Waals surface area contributed by atoms with E-state index in [9.17, 15) is 21.9 Å². The summed E-state index contributed by atoms with van der Waals surface area (Å²) in [7, 11) is -5.06. The van der Waals surface area contributed by atoms with Crippen LogP contribution in [0.2, 0.25) is 0 Å². The van der Waals surface area contributed by atoms with E-state index in [1.54, 1.807) is 0 Å². The lowest BCUT2D eigenvalue weighted by Gasteiger charge is -2.21. The van der Waals surface area contributed by atoms with Gasteiger partial charge in [-0.25, -0.2) is 0 Å². The molecule has 0 bridgehead atoms. The Bertz CT molecular complexity index is 610. The zero-order valence-corrected chi connectivity index (χ0v) is 10.4. The Morgan fingerprint density at radius 3 is 2.37 bits per heavy atom. The minimum Gasteiger partial charge on any atom is -0.358 e. The third-order valence-corrected chi connectivity index (χ3v) is 3.11. The fraction of sp³-hybridized carbons (Fsp3) is 0.273. The number of nitrogens with one attached hydrogen (secondary N) is 1. The van der Waals surface area contributed by atoms with Crippen LogP contribution in [0, 0.1) is 0 Å². The normalized spacial score (nSPS) is 19.9. The van der Waals surface area contributed by atoms with Gasteiger partial charge in [-0.15, -0.1) is 0 Å². The smallest absolute Gasteiger partial charge is 0.358 e. The summed E-state index contributed by atoms with van der Waals surface area (Å²) in [6, 6.07) is 5.41. The molecule has 1 aliphatic heterocycles. The average Bonchev–Trinajstić information content (AvgIpc) is 2.28. The molecule has 0 aliphatic carbocycles. The van der Waals surface area contributed by atoms with E-state index in [0.29, 0.717) is 12.0 Å². The lowest BCUT2D eigenvalue weighted by atomic mass is 9.90. The molecule has 1 atom stereocenters. The SMILES string of the molecule is O=C1CCC(c2ccc(OS(=O)(=O)F)cc2)C(=O)N1. The molecule has 0 aromatic heterocycles. The molecule has 2 rings (SSSR count).